The van der Waals surface area contributed by atoms with E-state index in [9.17, 15) is 0 Å². The number of nitrogens with one attached hydrogen (secondary N) is 1. The highest BCUT2D eigenvalue weighted by Gasteiger charge is 2.22. The van der Waals surface area contributed by atoms with Gasteiger partial charge >= 0.3 is 0 Å². The fraction of sp³-hybridized carbons (Fsp3) is 0.556. The minimum absolute atomic E-state index is 0.496. The molecule has 1 aromatic heterocycles. The van der Waals surface area contributed by atoms with Crippen molar-refractivity contribution in [2.45, 2.75) is 18.8 Å². The number of morpholine rings is 1. The number of hydrogen-bond donors (Lipinski definition) is 1. The molecule has 0 aliphatic carbocycles. The van der Waals surface area contributed by atoms with Gasteiger partial charge in [-0.25, -0.2) is 9.97 Å². The largest absolute Gasteiger partial charge is 0.495 e. The molecule has 6 heteroatoms. The van der Waals surface area contributed by atoms with Crippen molar-refractivity contribution < 1.29 is 9.47 Å². The van der Waals surface area contributed by atoms with Gasteiger partial charge < -0.3 is 19.7 Å². The number of methoxy groups -OCH3 is 1. The van der Waals surface area contributed by atoms with Crippen LogP contribution < -0.4 is 15.0 Å². The minimum atomic E-state index is 0.496. The van der Waals surface area contributed by atoms with Crippen LogP contribution in [0.2, 0.25) is 0 Å². The quantitative estimate of drug-likeness (QED) is 0.929. The third-order valence-corrected chi connectivity index (χ3v) is 5.04. The zero-order valence-electron chi connectivity index (χ0n) is 14.1. The normalized spacial score (nSPS) is 19.6. The molecule has 0 unspecified atom stereocenters. The van der Waals surface area contributed by atoms with E-state index < -0.39 is 0 Å². The van der Waals surface area contributed by atoms with E-state index >= 15 is 0 Å². The van der Waals surface area contributed by atoms with Gasteiger partial charge in [0.2, 0.25) is 0 Å². The van der Waals surface area contributed by atoms with E-state index in [2.05, 4.69) is 32.3 Å². The van der Waals surface area contributed by atoms with Crippen molar-refractivity contribution in [2.24, 2.45) is 0 Å². The molecule has 2 fully saturated rings. The summed E-state index contributed by atoms with van der Waals surface area (Å²) in [6.07, 6.45) is 3.95. The van der Waals surface area contributed by atoms with Gasteiger partial charge in [-0.15, -0.1) is 0 Å². The average Bonchev–Trinajstić information content (AvgIpc) is 2.67. The lowest BCUT2D eigenvalue weighted by molar-refractivity contribution is 0.122. The topological polar surface area (TPSA) is 59.5 Å². The number of fused-ring (bicyclic) bond motifs is 1. The van der Waals surface area contributed by atoms with Crippen molar-refractivity contribution in [3.8, 4) is 5.75 Å². The number of aromatic nitrogens is 2. The first-order valence-electron chi connectivity index (χ1n) is 8.73. The van der Waals surface area contributed by atoms with Gasteiger partial charge in [-0.1, -0.05) is 0 Å². The van der Waals surface area contributed by atoms with Crippen LogP contribution in [0.1, 0.15) is 24.5 Å². The van der Waals surface area contributed by atoms with Gasteiger partial charge in [0.25, 0.3) is 0 Å². The number of hydrogen-bond acceptors (Lipinski definition) is 6. The molecule has 0 spiro atoms. The van der Waals surface area contributed by atoms with Crippen molar-refractivity contribution in [3.63, 3.8) is 0 Å². The van der Waals surface area contributed by atoms with Crippen LogP contribution in [0.15, 0.2) is 18.5 Å². The Kier molecular flexibility index (Phi) is 4.49. The second-order valence-electron chi connectivity index (χ2n) is 6.42. The number of ether oxygens (including phenoxy) is 2. The minimum Gasteiger partial charge on any atom is -0.495 e. The first-order chi connectivity index (χ1) is 11.9. The van der Waals surface area contributed by atoms with Gasteiger partial charge in [0.1, 0.15) is 12.1 Å². The summed E-state index contributed by atoms with van der Waals surface area (Å²) in [4.78, 5) is 11.5. The summed E-state index contributed by atoms with van der Waals surface area (Å²) >= 11 is 0. The smallest absolute Gasteiger partial charge is 0.142 e. The number of rotatable bonds is 3. The van der Waals surface area contributed by atoms with Crippen LogP contribution in [0.5, 0.6) is 5.75 Å². The lowest BCUT2D eigenvalue weighted by atomic mass is 9.91. The molecule has 0 amide bonds. The Morgan fingerprint density at radius 2 is 1.96 bits per heavy atom. The van der Waals surface area contributed by atoms with Crippen LogP contribution in [-0.2, 0) is 4.74 Å². The van der Waals surface area contributed by atoms with E-state index in [1.165, 1.54) is 0 Å². The fourth-order valence-corrected chi connectivity index (χ4v) is 3.73. The molecule has 0 bridgehead atoms. The summed E-state index contributed by atoms with van der Waals surface area (Å²) in [5.41, 5.74) is 3.26. The summed E-state index contributed by atoms with van der Waals surface area (Å²) < 4.78 is 11.2. The summed E-state index contributed by atoms with van der Waals surface area (Å²) in [7, 11) is 1.74. The van der Waals surface area contributed by atoms with Gasteiger partial charge in [-0.3, -0.25) is 0 Å². The molecule has 1 N–H and O–H groups in total. The molecule has 0 radical (unpaired) electrons. The molecule has 2 aliphatic rings. The zero-order chi connectivity index (χ0) is 16.4. The van der Waals surface area contributed by atoms with E-state index in [0.717, 1.165) is 80.3 Å². The van der Waals surface area contributed by atoms with Crippen LogP contribution in [0, 0.1) is 0 Å². The maximum absolute atomic E-state index is 5.70. The molecule has 2 aromatic rings. The Morgan fingerprint density at radius 1 is 1.17 bits per heavy atom. The standard InChI is InChI=1S/C18H24N4O2/c1-23-17-10-14-15(11-16(17)22-6-8-24-9-7-22)20-12-21-18(14)13-2-4-19-5-3-13/h10-13,19H,2-9H2,1H3. The third-order valence-electron chi connectivity index (χ3n) is 5.04. The first-order valence-corrected chi connectivity index (χ1v) is 8.73. The molecule has 6 nitrogen and oxygen atoms in total. The second kappa shape index (κ2) is 6.91. The predicted octanol–water partition coefficient (Wildman–Crippen LogP) is 1.94. The van der Waals surface area contributed by atoms with Crippen molar-refractivity contribution in [1.29, 1.82) is 0 Å². The van der Waals surface area contributed by atoms with Crippen LogP contribution >= 0.6 is 0 Å². The highest BCUT2D eigenvalue weighted by atomic mass is 16.5. The van der Waals surface area contributed by atoms with Crippen molar-refractivity contribution in [1.82, 2.24) is 15.3 Å². The van der Waals surface area contributed by atoms with Gasteiger partial charge in [-0.05, 0) is 38.1 Å². The Labute approximate surface area is 142 Å². The van der Waals surface area contributed by atoms with Crippen molar-refractivity contribution in [2.75, 3.05) is 51.4 Å². The number of benzene rings is 1. The SMILES string of the molecule is COc1cc2c(C3CCNCC3)ncnc2cc1N1CCOCC1. The summed E-state index contributed by atoms with van der Waals surface area (Å²) in [6, 6.07) is 4.27. The van der Waals surface area contributed by atoms with Gasteiger partial charge in [-0.2, -0.15) is 0 Å². The van der Waals surface area contributed by atoms with Gasteiger partial charge in [0.15, 0.2) is 0 Å². The lowest BCUT2D eigenvalue weighted by Gasteiger charge is -2.30. The molecule has 1 aromatic carbocycles. The van der Waals surface area contributed by atoms with Crippen molar-refractivity contribution >= 4 is 16.6 Å². The van der Waals surface area contributed by atoms with Gasteiger partial charge in [0.05, 0.1) is 37.2 Å². The molecule has 3 heterocycles. The average molecular weight is 328 g/mol. The number of nitrogens with zero attached hydrogens (tertiary/aromatic N) is 3. The molecule has 2 aliphatic heterocycles. The molecule has 24 heavy (non-hydrogen) atoms. The van der Waals surface area contributed by atoms with E-state index in [0.29, 0.717) is 5.92 Å². The Balaban J connectivity index is 1.77. The van der Waals surface area contributed by atoms with E-state index in [-0.39, 0.29) is 0 Å². The summed E-state index contributed by atoms with van der Waals surface area (Å²) in [5, 5.41) is 4.54. The van der Waals surface area contributed by atoms with Crippen LogP contribution in [0.4, 0.5) is 5.69 Å². The highest BCUT2D eigenvalue weighted by molar-refractivity contribution is 5.88. The van der Waals surface area contributed by atoms with E-state index in [4.69, 9.17) is 9.47 Å². The molecule has 128 valence electrons. The monoisotopic (exact) mass is 328 g/mol. The van der Waals surface area contributed by atoms with Crippen LogP contribution in [0.25, 0.3) is 10.9 Å². The molecule has 0 atom stereocenters. The second-order valence-corrected chi connectivity index (χ2v) is 6.42. The lowest BCUT2D eigenvalue weighted by Crippen LogP contribution is -2.36. The molecule has 2 saturated heterocycles. The molecule has 4 rings (SSSR count). The van der Waals surface area contributed by atoms with E-state index in [1.807, 2.05) is 0 Å². The van der Waals surface area contributed by atoms with Gasteiger partial charge in [0, 0.05) is 24.4 Å². The summed E-state index contributed by atoms with van der Waals surface area (Å²) in [6.45, 7) is 5.39. The third kappa shape index (κ3) is 2.91. The Bertz CT molecular complexity index is 709. The Hall–Kier alpha value is -1.92. The van der Waals surface area contributed by atoms with Crippen LogP contribution in [0.3, 0.4) is 0 Å². The van der Waals surface area contributed by atoms with Crippen LogP contribution in [-0.4, -0.2) is 56.5 Å². The van der Waals surface area contributed by atoms with E-state index in [1.54, 1.807) is 13.4 Å². The molecular weight excluding hydrogens is 304 g/mol. The highest BCUT2D eigenvalue weighted by Crippen LogP contribution is 2.36. The maximum atomic E-state index is 5.70. The molecule has 0 saturated carbocycles. The predicted molar refractivity (Wildman–Crippen MR) is 94.0 cm³/mol. The summed E-state index contributed by atoms with van der Waals surface area (Å²) in [5.74, 6) is 1.39. The van der Waals surface area contributed by atoms with Crippen molar-refractivity contribution in [3.05, 3.63) is 24.2 Å². The maximum Gasteiger partial charge on any atom is 0.142 e. The zero-order valence-corrected chi connectivity index (χ0v) is 14.1. The first kappa shape index (κ1) is 15.6. The number of piperidine rings is 1. The molecular formula is C18H24N4O2. The fourth-order valence-electron chi connectivity index (χ4n) is 3.73. The Morgan fingerprint density at radius 3 is 2.71 bits per heavy atom. The number of anilines is 1.